The van der Waals surface area contributed by atoms with Crippen LogP contribution in [0.3, 0.4) is 0 Å². The molecule has 0 saturated heterocycles. The standard InChI is InChI=1S/C6H10O4/c7-5(8)3-1-2-4-6(9)10/h1-4H2,(H,7,8)(H,9,10)/i/hD2. The van der Waals surface area contributed by atoms with Crippen LogP contribution in [0.25, 0.3) is 2.86 Å². The van der Waals surface area contributed by atoms with E-state index < -0.39 is 11.9 Å². The SMILES string of the molecule is [2H]OC(=O)CCCCC(=O)O[2H]. The fourth-order valence-corrected chi connectivity index (χ4v) is 0.539. The quantitative estimate of drug-likeness (QED) is 0.563. The van der Waals surface area contributed by atoms with Crippen molar-refractivity contribution in [3.05, 3.63) is 0 Å². The van der Waals surface area contributed by atoms with Gasteiger partial charge < -0.3 is 10.2 Å². The molecular formula is C6H10O4. The van der Waals surface area contributed by atoms with Crippen molar-refractivity contribution in [2.45, 2.75) is 25.7 Å². The zero-order valence-corrected chi connectivity index (χ0v) is 5.46. The van der Waals surface area contributed by atoms with Gasteiger partial charge in [0.1, 0.15) is 0 Å². The van der Waals surface area contributed by atoms with E-state index >= 15 is 0 Å². The van der Waals surface area contributed by atoms with Crippen LogP contribution in [0.2, 0.25) is 0 Å². The molecule has 10 heavy (non-hydrogen) atoms. The van der Waals surface area contributed by atoms with Crippen LogP contribution in [0, 0.1) is 0 Å². The van der Waals surface area contributed by atoms with Gasteiger partial charge in [-0.25, -0.2) is 0 Å². The van der Waals surface area contributed by atoms with Crippen molar-refractivity contribution in [1.82, 2.24) is 0 Å². The second-order valence-corrected chi connectivity index (χ2v) is 1.95. The Labute approximate surface area is 61.5 Å². The van der Waals surface area contributed by atoms with Crippen molar-refractivity contribution in [2.24, 2.45) is 0 Å². The van der Waals surface area contributed by atoms with E-state index in [4.69, 9.17) is 2.86 Å². The van der Waals surface area contributed by atoms with Gasteiger partial charge in [-0.15, -0.1) is 0 Å². The third-order valence-electron chi connectivity index (χ3n) is 1.01. The number of carboxylic acid groups (broad SMARTS) is 2. The largest absolute Gasteiger partial charge is 0.481 e. The molecule has 0 aromatic heterocycles. The van der Waals surface area contributed by atoms with Crippen LogP contribution in [0.4, 0.5) is 0 Å². The summed E-state index contributed by atoms with van der Waals surface area (Å²) < 4.78 is 12.4. The van der Waals surface area contributed by atoms with E-state index in [1.807, 2.05) is 0 Å². The van der Waals surface area contributed by atoms with E-state index in [9.17, 15) is 9.59 Å². The number of unbranched alkanes of at least 4 members (excludes halogenated alkanes) is 1. The van der Waals surface area contributed by atoms with Crippen molar-refractivity contribution < 1.29 is 19.8 Å². The summed E-state index contributed by atoms with van der Waals surface area (Å²) >= 11 is 0. The highest BCUT2D eigenvalue weighted by atomic mass is 16.4. The summed E-state index contributed by atoms with van der Waals surface area (Å²) in [4.78, 5) is 20.7. The number of hydrogen-bond acceptors (Lipinski definition) is 4. The Balaban J connectivity index is 3.21. The normalized spacial score (nSPS) is 11.2. The molecule has 0 fully saturated rings. The van der Waals surface area contributed by atoms with Crippen LogP contribution in [0.5, 0.6) is 0 Å². The highest BCUT2D eigenvalue weighted by molar-refractivity contribution is 5.67. The second-order valence-electron chi connectivity index (χ2n) is 1.95. The van der Waals surface area contributed by atoms with Crippen LogP contribution in [-0.4, -0.2) is 22.2 Å². The molecule has 0 radical (unpaired) electrons. The van der Waals surface area contributed by atoms with Crippen LogP contribution in [0.15, 0.2) is 0 Å². The molecule has 58 valence electrons. The molecule has 0 aliphatic heterocycles. The Hall–Kier alpha value is -1.06. The summed E-state index contributed by atoms with van der Waals surface area (Å²) in [6.45, 7) is 0. The Morgan fingerprint density at radius 1 is 1.10 bits per heavy atom. The minimum absolute atomic E-state index is 0.120. The number of hydrogen-bond donors (Lipinski definition) is 2. The van der Waals surface area contributed by atoms with Gasteiger partial charge in [0.05, 0.1) is 0 Å². The molecule has 2 N–H and O–H groups in total. The second kappa shape index (κ2) is 4.78. The van der Waals surface area contributed by atoms with E-state index in [1.54, 1.807) is 0 Å². The molecule has 0 heterocycles. The number of rotatable bonds is 5. The van der Waals surface area contributed by atoms with Crippen molar-refractivity contribution in [3.63, 3.8) is 0 Å². The van der Waals surface area contributed by atoms with E-state index in [1.165, 1.54) is 0 Å². The number of carboxylic acids is 2. The van der Waals surface area contributed by atoms with Gasteiger partial charge in [0.15, 0.2) is 0 Å². The van der Waals surface area contributed by atoms with Gasteiger partial charge in [0.25, 0.3) is 2.86 Å². The minimum Gasteiger partial charge on any atom is -0.481 e. The van der Waals surface area contributed by atoms with Gasteiger partial charge in [-0.1, -0.05) is 0 Å². The predicted octanol–water partition coefficient (Wildman–Crippen LogP) is 0.716. The minimum atomic E-state index is -0.616. The van der Waals surface area contributed by atoms with Crippen LogP contribution < -0.4 is 0 Å². The van der Waals surface area contributed by atoms with Gasteiger partial charge in [0.2, 0.25) is 0 Å². The number of carbonyl (C=O) groups is 2. The average Bonchev–Trinajstić information content (AvgIpc) is 2.11. The van der Waals surface area contributed by atoms with Gasteiger partial charge in [-0.05, 0) is 12.8 Å². The molecule has 0 atom stereocenters. The molecule has 0 unspecified atom stereocenters. The molecule has 0 spiro atoms. The lowest BCUT2D eigenvalue weighted by molar-refractivity contribution is -0.139. The lowest BCUT2D eigenvalue weighted by atomic mass is 10.2. The predicted molar refractivity (Wildman–Crippen MR) is 33.7 cm³/mol. The third kappa shape index (κ3) is 6.94. The van der Waals surface area contributed by atoms with E-state index in [-0.39, 0.29) is 12.8 Å². The lowest BCUT2D eigenvalue weighted by Gasteiger charge is -1.92. The molecular weight excluding hydrogens is 136 g/mol. The Morgan fingerprint density at radius 2 is 1.50 bits per heavy atom. The fraction of sp³-hybridized carbons (Fsp3) is 0.667. The molecule has 0 rings (SSSR count). The van der Waals surface area contributed by atoms with Crippen molar-refractivity contribution in [3.8, 4) is 0 Å². The van der Waals surface area contributed by atoms with Gasteiger partial charge in [-0.2, -0.15) is 0 Å². The first-order chi connectivity index (χ1) is 5.70. The van der Waals surface area contributed by atoms with Crippen molar-refractivity contribution >= 4 is 11.9 Å². The maximum atomic E-state index is 10.4. The fourth-order valence-electron chi connectivity index (χ4n) is 0.539. The van der Waals surface area contributed by atoms with Gasteiger partial charge >= 0.3 is 11.9 Å². The van der Waals surface area contributed by atoms with Crippen molar-refractivity contribution in [1.29, 1.82) is 2.86 Å². The summed E-state index contributed by atoms with van der Waals surface area (Å²) in [5, 5.41) is 7.28. The summed E-state index contributed by atoms with van der Waals surface area (Å²) in [6.07, 6.45) is 1.17. The Kier molecular flexibility index (Phi) is 2.73. The first-order valence-corrected chi connectivity index (χ1v) is 3.02. The van der Waals surface area contributed by atoms with E-state index in [0.29, 0.717) is 12.8 Å². The van der Waals surface area contributed by atoms with Crippen LogP contribution in [0.1, 0.15) is 25.7 Å². The van der Waals surface area contributed by atoms with Gasteiger partial charge in [0, 0.05) is 12.8 Å². The van der Waals surface area contributed by atoms with Crippen molar-refractivity contribution in [2.75, 3.05) is 0 Å². The van der Waals surface area contributed by atoms with Crippen LogP contribution in [-0.2, 0) is 9.59 Å². The van der Waals surface area contributed by atoms with E-state index in [0.717, 1.165) is 0 Å². The average molecular weight is 148 g/mol. The molecule has 0 aliphatic rings. The lowest BCUT2D eigenvalue weighted by Crippen LogP contribution is -1.97. The molecule has 0 aromatic rings. The molecule has 4 nitrogen and oxygen atoms in total. The molecule has 0 amide bonds. The molecule has 0 saturated carbocycles. The first-order valence-electron chi connectivity index (χ1n) is 3.84. The summed E-state index contributed by atoms with van der Waals surface area (Å²) in [6, 6.07) is 0. The summed E-state index contributed by atoms with van der Waals surface area (Å²) in [7, 11) is 0. The summed E-state index contributed by atoms with van der Waals surface area (Å²) in [5.41, 5.74) is 0. The maximum absolute atomic E-state index is 10.4. The highest BCUT2D eigenvalue weighted by Gasteiger charge is 1.99. The topological polar surface area (TPSA) is 74.6 Å². The summed E-state index contributed by atoms with van der Waals surface area (Å²) in [5.74, 6) is -1.23. The first kappa shape index (κ1) is 5.70. The molecule has 0 bridgehead atoms. The van der Waals surface area contributed by atoms with Gasteiger partial charge in [-0.3, -0.25) is 9.59 Å². The smallest absolute Gasteiger partial charge is 0.303 e. The maximum Gasteiger partial charge on any atom is 0.303 e. The highest BCUT2D eigenvalue weighted by Crippen LogP contribution is 1.98. The molecule has 0 aliphatic carbocycles. The van der Waals surface area contributed by atoms with E-state index in [2.05, 4.69) is 10.2 Å². The molecule has 4 heteroatoms. The third-order valence-corrected chi connectivity index (χ3v) is 1.01. The molecule has 0 aromatic carbocycles. The van der Waals surface area contributed by atoms with Crippen LogP contribution >= 0.6 is 0 Å². The Morgan fingerprint density at radius 3 is 1.80 bits per heavy atom. The zero-order chi connectivity index (χ0) is 9.40. The Bertz CT molecular complexity index is 142. The number of aliphatic carboxylic acids is 2. The zero-order valence-electron chi connectivity index (χ0n) is 7.46. The monoisotopic (exact) mass is 148 g/mol.